The summed E-state index contributed by atoms with van der Waals surface area (Å²) in [6.07, 6.45) is 4.95. The number of hydrogen-bond donors (Lipinski definition) is 13. The van der Waals surface area contributed by atoms with Gasteiger partial charge in [0.1, 0.15) is 52.2 Å². The fourth-order valence-corrected chi connectivity index (χ4v) is 8.30. The van der Waals surface area contributed by atoms with Crippen LogP contribution >= 0.6 is 0 Å². The van der Waals surface area contributed by atoms with Crippen molar-refractivity contribution >= 4 is 81.3 Å². The summed E-state index contributed by atoms with van der Waals surface area (Å²) < 4.78 is 34.2. The standard InChI is InChI=1S/C54H82N16O14/c1-28(2)16-18-30-36(82-26-40(71)67-32(12-8-20-63-51(55)56)47(75)69-34(49(77)80-6)14-10-22-65-53(59)60)24-38-43(44(30)73)45(74)42-31(19-17-29(3)4)46(79-5)39(25-37(42)84-38)83-27-41(72)68-33(13-9-21-64-52(57)58)48(76)70-35(50(78)81-7)15-11-23-66-54(61)62/h16-17,24-25,32-35,73H,8-15,18-23,26-27H2,1-7H3,(H,67,71)(H,68,72)(H,69,75)(H,70,76)(H4,55,56,63)(H4,57,58,64)(H4,59,60,65)(H4,61,62,66)/t32-,33-,34-,35-/m0/s1. The van der Waals surface area contributed by atoms with Crippen molar-refractivity contribution in [2.45, 2.75) is 116 Å². The average Bonchev–Trinajstić information content (AvgIpc) is 0.855. The van der Waals surface area contributed by atoms with Crippen LogP contribution in [0.2, 0.25) is 0 Å². The normalized spacial score (nSPS) is 12.1. The summed E-state index contributed by atoms with van der Waals surface area (Å²) >= 11 is 0. The number of nitrogens with zero attached hydrogens (tertiary/aromatic N) is 4. The Morgan fingerprint density at radius 3 is 1.30 bits per heavy atom. The molecule has 84 heavy (non-hydrogen) atoms. The number of guanidine groups is 4. The number of allylic oxidation sites excluding steroid dienone is 4. The van der Waals surface area contributed by atoms with E-state index in [4.69, 9.17) is 74.0 Å². The number of amides is 4. The fraction of sp³-hybridized carbons (Fsp3) is 0.500. The first-order valence-electron chi connectivity index (χ1n) is 26.8. The molecule has 4 amide bonds. The van der Waals surface area contributed by atoms with E-state index < -0.39 is 84.1 Å². The molecule has 0 aliphatic carbocycles. The van der Waals surface area contributed by atoms with Crippen LogP contribution in [0.3, 0.4) is 0 Å². The number of nitrogens with one attached hydrogen (secondary N) is 4. The number of benzene rings is 2. The van der Waals surface area contributed by atoms with E-state index in [9.17, 15) is 38.7 Å². The molecule has 0 aliphatic rings. The number of aliphatic imine (C=N–C) groups is 4. The van der Waals surface area contributed by atoms with Gasteiger partial charge in [-0.1, -0.05) is 23.3 Å². The molecule has 4 atom stereocenters. The molecular formula is C54H82N16O14. The minimum Gasteiger partial charge on any atom is -0.507 e. The van der Waals surface area contributed by atoms with Crippen LogP contribution in [0.25, 0.3) is 21.9 Å². The highest BCUT2D eigenvalue weighted by atomic mass is 16.5. The van der Waals surface area contributed by atoms with Gasteiger partial charge in [-0.2, -0.15) is 0 Å². The number of phenolic OH excluding ortho intramolecular Hbond substituents is 1. The van der Waals surface area contributed by atoms with Crippen LogP contribution in [-0.2, 0) is 51.1 Å². The molecule has 1 aromatic heterocycles. The maximum Gasteiger partial charge on any atom is 0.328 e. The van der Waals surface area contributed by atoms with Crippen LogP contribution in [0.1, 0.15) is 90.2 Å². The third kappa shape index (κ3) is 22.4. The van der Waals surface area contributed by atoms with Gasteiger partial charge in [-0.3, -0.25) is 43.9 Å². The molecule has 462 valence electrons. The minimum atomic E-state index is -1.24. The van der Waals surface area contributed by atoms with Gasteiger partial charge in [-0.25, -0.2) is 9.59 Å². The van der Waals surface area contributed by atoms with Crippen molar-refractivity contribution in [3.05, 3.63) is 56.8 Å². The van der Waals surface area contributed by atoms with Crippen molar-refractivity contribution in [1.82, 2.24) is 21.3 Å². The molecular weight excluding hydrogens is 1100 g/mol. The lowest BCUT2D eigenvalue weighted by atomic mass is 9.98. The molecule has 0 saturated heterocycles. The van der Waals surface area contributed by atoms with Crippen molar-refractivity contribution < 1.29 is 62.0 Å². The van der Waals surface area contributed by atoms with E-state index in [2.05, 4.69) is 41.2 Å². The number of carbonyl (C=O) groups excluding carboxylic acids is 6. The SMILES string of the molecule is COC(=O)[C@H](CCCN=C(N)N)NC(=O)[C@H](CCCN=C(N)N)NC(=O)COc1cc2oc3cc(OCC(=O)N[C@@H](CCCN=C(N)N)C(=O)N[C@@H](CCCN=C(N)N)C(=O)OC)c(OC)c(CC=C(C)C)c3c(=O)c2c(O)c1CC=C(C)C. The lowest BCUT2D eigenvalue weighted by Crippen LogP contribution is -2.52. The van der Waals surface area contributed by atoms with Crippen molar-refractivity contribution in [3.8, 4) is 23.0 Å². The maximum atomic E-state index is 14.9. The molecule has 0 aliphatic heterocycles. The molecule has 0 spiro atoms. The van der Waals surface area contributed by atoms with E-state index in [1.807, 2.05) is 33.8 Å². The first-order chi connectivity index (χ1) is 39.8. The third-order valence-corrected chi connectivity index (χ3v) is 12.4. The van der Waals surface area contributed by atoms with E-state index in [1.165, 1.54) is 19.2 Å². The number of fused-ring (bicyclic) bond motifs is 2. The van der Waals surface area contributed by atoms with E-state index in [0.29, 0.717) is 12.8 Å². The van der Waals surface area contributed by atoms with Gasteiger partial charge in [0.15, 0.2) is 48.6 Å². The molecule has 30 nitrogen and oxygen atoms in total. The van der Waals surface area contributed by atoms with Crippen molar-refractivity contribution in [2.75, 3.05) is 60.7 Å². The smallest absolute Gasteiger partial charge is 0.328 e. The second-order valence-corrected chi connectivity index (χ2v) is 19.5. The monoisotopic (exact) mass is 1180 g/mol. The first-order valence-corrected chi connectivity index (χ1v) is 26.8. The summed E-state index contributed by atoms with van der Waals surface area (Å²) in [6, 6.07) is -2.08. The second-order valence-electron chi connectivity index (χ2n) is 19.5. The van der Waals surface area contributed by atoms with Crippen LogP contribution in [0.4, 0.5) is 0 Å². The Kier molecular flexibility index (Phi) is 28.4. The fourth-order valence-electron chi connectivity index (χ4n) is 8.30. The van der Waals surface area contributed by atoms with Crippen LogP contribution in [-0.4, -0.2) is 149 Å². The van der Waals surface area contributed by atoms with Gasteiger partial charge >= 0.3 is 11.9 Å². The predicted octanol–water partition coefficient (Wildman–Crippen LogP) is -1.07. The van der Waals surface area contributed by atoms with Crippen molar-refractivity contribution in [2.24, 2.45) is 65.8 Å². The summed E-state index contributed by atoms with van der Waals surface area (Å²) in [6.45, 7) is 6.43. The Hall–Kier alpha value is -9.51. The molecule has 3 aromatic rings. The highest BCUT2D eigenvalue weighted by Crippen LogP contribution is 2.42. The Balaban J connectivity index is 2.11. The van der Waals surface area contributed by atoms with Gasteiger partial charge in [0, 0.05) is 49.4 Å². The summed E-state index contributed by atoms with van der Waals surface area (Å²) in [5, 5.41) is 22.4. The molecule has 0 bridgehead atoms. The van der Waals surface area contributed by atoms with Gasteiger partial charge in [0.05, 0.1) is 26.7 Å². The van der Waals surface area contributed by atoms with Gasteiger partial charge in [0.2, 0.25) is 17.2 Å². The Morgan fingerprint density at radius 1 is 0.548 bits per heavy atom. The molecule has 0 fully saturated rings. The summed E-state index contributed by atoms with van der Waals surface area (Å²) in [4.78, 5) is 111. The number of aromatic hydroxyl groups is 1. The van der Waals surface area contributed by atoms with Crippen molar-refractivity contribution in [1.29, 1.82) is 0 Å². The zero-order chi connectivity index (χ0) is 62.6. The van der Waals surface area contributed by atoms with Crippen LogP contribution < -0.4 is 86.8 Å². The number of rotatable bonds is 35. The number of ether oxygens (including phenoxy) is 5. The predicted molar refractivity (Wildman–Crippen MR) is 317 cm³/mol. The number of carbonyl (C=O) groups is 6. The molecule has 0 unspecified atom stereocenters. The average molecular weight is 1180 g/mol. The molecule has 2 aromatic carbocycles. The van der Waals surface area contributed by atoms with Gasteiger partial charge < -0.3 is 100 Å². The summed E-state index contributed by atoms with van der Waals surface area (Å²) in [5.41, 5.74) is 44.9. The Labute approximate surface area is 485 Å². The Bertz CT molecular complexity index is 3040. The Morgan fingerprint density at radius 2 is 0.917 bits per heavy atom. The van der Waals surface area contributed by atoms with Crippen LogP contribution in [0, 0.1) is 0 Å². The molecule has 21 N–H and O–H groups in total. The number of methoxy groups -OCH3 is 3. The molecule has 1 heterocycles. The van der Waals surface area contributed by atoms with E-state index in [0.717, 1.165) is 25.4 Å². The number of esters is 2. The van der Waals surface area contributed by atoms with E-state index >= 15 is 0 Å². The maximum absolute atomic E-state index is 14.9. The molecule has 30 heteroatoms. The minimum absolute atomic E-state index is 0.00786. The van der Waals surface area contributed by atoms with Gasteiger partial charge in [-0.05, 0) is 91.9 Å². The number of phenols is 1. The molecule has 0 saturated carbocycles. The highest BCUT2D eigenvalue weighted by Gasteiger charge is 2.31. The summed E-state index contributed by atoms with van der Waals surface area (Å²) in [5.74, 6) is -5.80. The lowest BCUT2D eigenvalue weighted by molar-refractivity contribution is -0.146. The van der Waals surface area contributed by atoms with E-state index in [1.54, 1.807) is 6.08 Å². The molecule has 3 rings (SSSR count). The topological polar surface area (TPSA) is 505 Å². The second kappa shape index (κ2) is 34.7. The lowest BCUT2D eigenvalue weighted by Gasteiger charge is -2.22. The highest BCUT2D eigenvalue weighted by molar-refractivity contribution is 5.98. The zero-order valence-electron chi connectivity index (χ0n) is 48.6. The number of nitrogens with two attached hydrogens (primary N) is 8. The van der Waals surface area contributed by atoms with E-state index in [-0.39, 0.29) is 152 Å². The summed E-state index contributed by atoms with van der Waals surface area (Å²) in [7, 11) is 3.65. The quantitative estimate of drug-likeness (QED) is 0.00833. The molecule has 0 radical (unpaired) electrons. The first kappa shape index (κ1) is 68.8. The number of hydrogen-bond acceptors (Lipinski definition) is 18. The van der Waals surface area contributed by atoms with Gasteiger partial charge in [0.25, 0.3) is 11.8 Å². The zero-order valence-corrected chi connectivity index (χ0v) is 48.6. The van der Waals surface area contributed by atoms with Gasteiger partial charge in [-0.15, -0.1) is 0 Å². The third-order valence-electron chi connectivity index (χ3n) is 12.4. The van der Waals surface area contributed by atoms with Crippen LogP contribution in [0.5, 0.6) is 23.0 Å². The van der Waals surface area contributed by atoms with Crippen LogP contribution in [0.15, 0.2) is 64.6 Å². The largest absolute Gasteiger partial charge is 0.507 e. The van der Waals surface area contributed by atoms with Crippen molar-refractivity contribution in [3.63, 3.8) is 0 Å².